The van der Waals surface area contributed by atoms with Gasteiger partial charge in [-0.3, -0.25) is 9.59 Å². The Balaban J connectivity index is 1.90. The van der Waals surface area contributed by atoms with Gasteiger partial charge in [0.15, 0.2) is 0 Å². The van der Waals surface area contributed by atoms with Crippen molar-refractivity contribution >= 4 is 33.4 Å². The van der Waals surface area contributed by atoms with Crippen molar-refractivity contribution in [3.8, 4) is 0 Å². The summed E-state index contributed by atoms with van der Waals surface area (Å²) in [4.78, 5) is 26.6. The Morgan fingerprint density at radius 3 is 2.29 bits per heavy atom. The number of piperidine rings is 1. The number of hydrogen-bond donors (Lipinski definition) is 0. The second-order valence-electron chi connectivity index (χ2n) is 6.45. The molecule has 0 aromatic heterocycles. The van der Waals surface area contributed by atoms with Crippen LogP contribution >= 0.6 is 15.9 Å². The number of nitrogens with zero attached hydrogens (tertiary/aromatic N) is 1. The fourth-order valence-corrected chi connectivity index (χ4v) is 4.17. The topological polar surface area (TPSA) is 37.4 Å². The number of halogens is 1. The van der Waals surface area contributed by atoms with Crippen LogP contribution in [0.4, 0.5) is 5.69 Å². The third kappa shape index (κ3) is 2.66. The highest BCUT2D eigenvalue weighted by atomic mass is 79.9. The van der Waals surface area contributed by atoms with E-state index in [4.69, 9.17) is 0 Å². The van der Waals surface area contributed by atoms with E-state index in [-0.39, 0.29) is 17.2 Å². The van der Waals surface area contributed by atoms with Crippen LogP contribution in [0.1, 0.15) is 50.5 Å². The molecule has 2 fully saturated rings. The zero-order valence-electron chi connectivity index (χ0n) is 12.3. The van der Waals surface area contributed by atoms with Crippen molar-refractivity contribution < 1.29 is 9.59 Å². The first-order chi connectivity index (χ1) is 10.0. The van der Waals surface area contributed by atoms with E-state index in [1.807, 2.05) is 25.1 Å². The van der Waals surface area contributed by atoms with Crippen LogP contribution in [0.5, 0.6) is 0 Å². The summed E-state index contributed by atoms with van der Waals surface area (Å²) in [7, 11) is 0. The van der Waals surface area contributed by atoms with Gasteiger partial charge in [-0.1, -0.05) is 31.4 Å². The predicted octanol–water partition coefficient (Wildman–Crippen LogP) is 4.36. The summed E-state index contributed by atoms with van der Waals surface area (Å²) in [5.41, 5.74) is 1.67. The summed E-state index contributed by atoms with van der Waals surface area (Å²) in [6.45, 7) is 1.97. The van der Waals surface area contributed by atoms with Gasteiger partial charge >= 0.3 is 0 Å². The maximum absolute atomic E-state index is 12.6. The Kier molecular flexibility index (Phi) is 3.91. The maximum atomic E-state index is 12.6. The van der Waals surface area contributed by atoms with E-state index in [0.717, 1.165) is 35.7 Å². The number of rotatable bonds is 1. The summed E-state index contributed by atoms with van der Waals surface area (Å²) < 4.78 is 0.839. The van der Waals surface area contributed by atoms with Crippen molar-refractivity contribution in [3.05, 3.63) is 28.2 Å². The number of aryl methyl sites for hydroxylation is 1. The molecule has 0 N–H and O–H groups in total. The van der Waals surface area contributed by atoms with E-state index in [1.54, 1.807) is 0 Å². The van der Waals surface area contributed by atoms with Gasteiger partial charge in [-0.05, 0) is 52.7 Å². The molecule has 4 heteroatoms. The first kappa shape index (κ1) is 14.8. The molecular formula is C17H20BrNO2. The van der Waals surface area contributed by atoms with Crippen LogP contribution in [-0.4, -0.2) is 11.8 Å². The minimum atomic E-state index is -0.0563. The van der Waals surface area contributed by atoms with Gasteiger partial charge in [-0.2, -0.15) is 0 Å². The average molecular weight is 350 g/mol. The molecule has 0 bridgehead atoms. The lowest BCUT2D eigenvalue weighted by Crippen LogP contribution is -2.49. The molecule has 1 spiro atoms. The molecule has 1 saturated carbocycles. The van der Waals surface area contributed by atoms with Crippen molar-refractivity contribution in [2.75, 3.05) is 4.90 Å². The van der Waals surface area contributed by atoms with Crippen molar-refractivity contribution in [3.63, 3.8) is 0 Å². The Morgan fingerprint density at radius 2 is 1.67 bits per heavy atom. The Morgan fingerprint density at radius 1 is 1.05 bits per heavy atom. The van der Waals surface area contributed by atoms with Gasteiger partial charge in [0.25, 0.3) is 0 Å². The SMILES string of the molecule is Cc1cccc(N2C(=O)CC3(CCCCC3)CC2=O)c1Br. The van der Waals surface area contributed by atoms with Crippen LogP contribution in [0.2, 0.25) is 0 Å². The molecule has 2 amide bonds. The first-order valence-corrected chi connectivity index (χ1v) is 8.43. The van der Waals surface area contributed by atoms with Crippen LogP contribution in [0.25, 0.3) is 0 Å². The van der Waals surface area contributed by atoms with Gasteiger partial charge in [0.2, 0.25) is 11.8 Å². The van der Waals surface area contributed by atoms with Crippen molar-refractivity contribution in [1.82, 2.24) is 0 Å². The van der Waals surface area contributed by atoms with Crippen LogP contribution in [0.15, 0.2) is 22.7 Å². The Hall–Kier alpha value is -1.16. The van der Waals surface area contributed by atoms with E-state index in [1.165, 1.54) is 11.3 Å². The molecule has 1 aromatic rings. The maximum Gasteiger partial charge on any atom is 0.234 e. The predicted molar refractivity (Wildman–Crippen MR) is 86.1 cm³/mol. The van der Waals surface area contributed by atoms with Crippen molar-refractivity contribution in [2.45, 2.75) is 51.9 Å². The molecule has 3 rings (SSSR count). The van der Waals surface area contributed by atoms with E-state index < -0.39 is 0 Å². The highest BCUT2D eigenvalue weighted by Crippen LogP contribution is 2.46. The summed E-state index contributed by atoms with van der Waals surface area (Å²) >= 11 is 3.51. The van der Waals surface area contributed by atoms with Crippen LogP contribution < -0.4 is 4.90 Å². The molecule has 1 heterocycles. The van der Waals surface area contributed by atoms with Gasteiger partial charge < -0.3 is 0 Å². The number of hydrogen-bond acceptors (Lipinski definition) is 2. The molecule has 1 aromatic carbocycles. The van der Waals surface area contributed by atoms with Gasteiger partial charge in [0.1, 0.15) is 0 Å². The molecule has 112 valence electrons. The highest BCUT2D eigenvalue weighted by Gasteiger charge is 2.44. The monoisotopic (exact) mass is 349 g/mol. The molecule has 3 nitrogen and oxygen atoms in total. The lowest BCUT2D eigenvalue weighted by atomic mass is 9.67. The van der Waals surface area contributed by atoms with Gasteiger partial charge in [-0.25, -0.2) is 4.90 Å². The van der Waals surface area contributed by atoms with Gasteiger partial charge in [0.05, 0.1) is 5.69 Å². The van der Waals surface area contributed by atoms with Crippen molar-refractivity contribution in [1.29, 1.82) is 0 Å². The van der Waals surface area contributed by atoms with Crippen LogP contribution in [0, 0.1) is 12.3 Å². The molecule has 2 aliphatic rings. The Bertz CT molecular complexity index is 570. The lowest BCUT2D eigenvalue weighted by Gasteiger charge is -2.42. The molecule has 0 unspecified atom stereocenters. The second kappa shape index (κ2) is 5.56. The van der Waals surface area contributed by atoms with Gasteiger partial charge in [-0.15, -0.1) is 0 Å². The summed E-state index contributed by atoms with van der Waals surface area (Å²) in [6.07, 6.45) is 6.60. The summed E-state index contributed by atoms with van der Waals surface area (Å²) in [5, 5.41) is 0. The molecule has 1 saturated heterocycles. The largest absolute Gasteiger partial charge is 0.274 e. The molecule has 1 aliphatic heterocycles. The number of benzene rings is 1. The molecule has 1 aliphatic carbocycles. The second-order valence-corrected chi connectivity index (χ2v) is 7.24. The molecule has 21 heavy (non-hydrogen) atoms. The van der Waals surface area contributed by atoms with E-state index in [9.17, 15) is 9.59 Å². The number of imide groups is 1. The van der Waals surface area contributed by atoms with E-state index in [2.05, 4.69) is 15.9 Å². The van der Waals surface area contributed by atoms with E-state index in [0.29, 0.717) is 18.5 Å². The first-order valence-electron chi connectivity index (χ1n) is 7.63. The molecule has 0 atom stereocenters. The molecule has 0 radical (unpaired) electrons. The number of amides is 2. The minimum absolute atomic E-state index is 0.0422. The third-order valence-electron chi connectivity index (χ3n) is 4.88. The Labute approximate surface area is 133 Å². The highest BCUT2D eigenvalue weighted by molar-refractivity contribution is 9.10. The quantitative estimate of drug-likeness (QED) is 0.706. The summed E-state index contributed by atoms with van der Waals surface area (Å²) in [6, 6.07) is 5.70. The number of carbonyl (C=O) groups is 2. The number of anilines is 1. The van der Waals surface area contributed by atoms with Crippen molar-refractivity contribution in [2.24, 2.45) is 5.41 Å². The van der Waals surface area contributed by atoms with Crippen LogP contribution in [0.3, 0.4) is 0 Å². The smallest absolute Gasteiger partial charge is 0.234 e. The van der Waals surface area contributed by atoms with Gasteiger partial charge in [0, 0.05) is 17.3 Å². The third-order valence-corrected chi connectivity index (χ3v) is 5.91. The standard InChI is InChI=1S/C17H20BrNO2/c1-12-6-5-7-13(16(12)18)19-14(20)10-17(11-15(19)21)8-3-2-4-9-17/h5-7H,2-4,8-11H2,1H3. The number of carbonyl (C=O) groups excluding carboxylic acids is 2. The summed E-state index contributed by atoms with van der Waals surface area (Å²) in [5.74, 6) is -0.0844. The molecular weight excluding hydrogens is 330 g/mol. The zero-order valence-corrected chi connectivity index (χ0v) is 13.9. The normalized spacial score (nSPS) is 21.9. The minimum Gasteiger partial charge on any atom is -0.274 e. The lowest BCUT2D eigenvalue weighted by molar-refractivity contribution is -0.134. The fourth-order valence-electron chi connectivity index (χ4n) is 3.73. The fraction of sp³-hybridized carbons (Fsp3) is 0.529. The average Bonchev–Trinajstić information content (AvgIpc) is 2.43. The zero-order chi connectivity index (χ0) is 15.0. The van der Waals surface area contributed by atoms with E-state index >= 15 is 0 Å². The van der Waals surface area contributed by atoms with Crippen LogP contribution in [-0.2, 0) is 9.59 Å².